The molecular formula is C11H18N4O4S. The van der Waals surface area contributed by atoms with Gasteiger partial charge in [0, 0.05) is 27.2 Å². The second kappa shape index (κ2) is 6.44. The Morgan fingerprint density at radius 3 is 2.55 bits per heavy atom. The summed E-state index contributed by atoms with van der Waals surface area (Å²) in [4.78, 5) is 12.5. The van der Waals surface area contributed by atoms with Gasteiger partial charge < -0.3 is 21.1 Å². The first-order chi connectivity index (χ1) is 9.24. The smallest absolute Gasteiger partial charge is 0.316 e. The van der Waals surface area contributed by atoms with Crippen LogP contribution in [0.5, 0.6) is 5.75 Å². The normalized spacial score (nSPS) is 11.1. The van der Waals surface area contributed by atoms with Crippen LogP contribution in [0.3, 0.4) is 0 Å². The third-order valence-corrected chi connectivity index (χ3v) is 3.87. The van der Waals surface area contributed by atoms with Crippen LogP contribution in [0.15, 0.2) is 23.1 Å². The summed E-state index contributed by atoms with van der Waals surface area (Å²) in [6.45, 7) is 0.201. The first-order valence-electron chi connectivity index (χ1n) is 5.77. The topological polar surface area (TPSA) is 125 Å². The molecule has 20 heavy (non-hydrogen) atoms. The molecule has 8 nitrogen and oxygen atoms in total. The number of nitrogens with two attached hydrogens (primary N) is 1. The lowest BCUT2D eigenvalue weighted by molar-refractivity contribution is 0.217. The Bertz CT molecular complexity index is 586. The van der Waals surface area contributed by atoms with E-state index in [1.54, 1.807) is 14.1 Å². The summed E-state index contributed by atoms with van der Waals surface area (Å²) in [5.74, 6) is -0.179. The van der Waals surface area contributed by atoms with E-state index >= 15 is 0 Å². The van der Waals surface area contributed by atoms with Crippen molar-refractivity contribution < 1.29 is 18.3 Å². The van der Waals surface area contributed by atoms with Crippen molar-refractivity contribution >= 4 is 21.7 Å². The van der Waals surface area contributed by atoms with E-state index in [-0.39, 0.29) is 35.5 Å². The minimum atomic E-state index is -3.72. The van der Waals surface area contributed by atoms with Crippen LogP contribution in [-0.2, 0) is 10.0 Å². The number of carbonyl (C=O) groups excluding carboxylic acids is 1. The van der Waals surface area contributed by atoms with Crippen LogP contribution in [0.25, 0.3) is 0 Å². The van der Waals surface area contributed by atoms with Crippen molar-refractivity contribution in [1.82, 2.24) is 14.9 Å². The minimum absolute atomic E-state index is 0.0196. The molecule has 112 valence electrons. The van der Waals surface area contributed by atoms with Gasteiger partial charge in [-0.05, 0) is 18.2 Å². The fourth-order valence-corrected chi connectivity index (χ4v) is 2.36. The predicted octanol–water partition coefficient (Wildman–Crippen LogP) is -0.476. The molecule has 0 heterocycles. The van der Waals surface area contributed by atoms with Gasteiger partial charge in [-0.2, -0.15) is 0 Å². The van der Waals surface area contributed by atoms with Crippen molar-refractivity contribution in [3.8, 4) is 5.75 Å². The van der Waals surface area contributed by atoms with Gasteiger partial charge in [-0.1, -0.05) is 0 Å². The molecule has 0 aliphatic heterocycles. The molecule has 0 saturated heterocycles. The van der Waals surface area contributed by atoms with Gasteiger partial charge in [-0.25, -0.2) is 17.9 Å². The number of carbonyl (C=O) groups is 1. The molecule has 0 saturated carbocycles. The number of hydrogen-bond donors (Lipinski definition) is 4. The number of urea groups is 1. The number of amides is 2. The number of nitrogens with one attached hydrogen (secondary N) is 2. The molecule has 0 aromatic heterocycles. The lowest BCUT2D eigenvalue weighted by Gasteiger charge is -2.12. The summed E-state index contributed by atoms with van der Waals surface area (Å²) in [6.07, 6.45) is 0. The van der Waals surface area contributed by atoms with Gasteiger partial charge in [0.15, 0.2) is 0 Å². The highest BCUT2D eigenvalue weighted by molar-refractivity contribution is 7.89. The molecule has 9 heteroatoms. The molecule has 1 aromatic carbocycles. The van der Waals surface area contributed by atoms with Gasteiger partial charge in [-0.15, -0.1) is 0 Å². The van der Waals surface area contributed by atoms with Gasteiger partial charge in [0.05, 0.1) is 10.6 Å². The predicted molar refractivity (Wildman–Crippen MR) is 74.8 cm³/mol. The largest absolute Gasteiger partial charge is 0.506 e. The highest BCUT2D eigenvalue weighted by Crippen LogP contribution is 2.22. The fraction of sp³-hybridized carbons (Fsp3) is 0.364. The Hall–Kier alpha value is -2.00. The number of nitrogen functional groups attached to an aromatic ring is 1. The third kappa shape index (κ3) is 4.28. The maximum absolute atomic E-state index is 11.9. The number of benzene rings is 1. The quantitative estimate of drug-likeness (QED) is 0.332. The van der Waals surface area contributed by atoms with E-state index in [1.807, 2.05) is 0 Å². The number of sulfonamides is 1. The Morgan fingerprint density at radius 1 is 1.35 bits per heavy atom. The highest BCUT2D eigenvalue weighted by Gasteiger charge is 2.14. The molecule has 0 aliphatic carbocycles. The summed E-state index contributed by atoms with van der Waals surface area (Å²) in [5.41, 5.74) is 5.42. The number of aromatic hydroxyl groups is 1. The average molecular weight is 302 g/mol. The van der Waals surface area contributed by atoms with E-state index in [2.05, 4.69) is 10.0 Å². The van der Waals surface area contributed by atoms with E-state index in [9.17, 15) is 18.3 Å². The fourth-order valence-electron chi connectivity index (χ4n) is 1.30. The summed E-state index contributed by atoms with van der Waals surface area (Å²) < 4.78 is 26.1. The maximum atomic E-state index is 11.9. The van der Waals surface area contributed by atoms with Crippen LogP contribution < -0.4 is 15.8 Å². The molecule has 1 aromatic rings. The number of phenols is 1. The molecule has 0 fully saturated rings. The van der Waals surface area contributed by atoms with Crippen molar-refractivity contribution in [2.24, 2.45) is 0 Å². The van der Waals surface area contributed by atoms with Crippen LogP contribution >= 0.6 is 0 Å². The molecule has 0 atom stereocenters. The number of rotatable bonds is 5. The average Bonchev–Trinajstić information content (AvgIpc) is 2.37. The highest BCUT2D eigenvalue weighted by atomic mass is 32.2. The summed E-state index contributed by atoms with van der Waals surface area (Å²) in [6, 6.07) is 3.30. The molecule has 5 N–H and O–H groups in total. The molecular weight excluding hydrogens is 284 g/mol. The van der Waals surface area contributed by atoms with E-state index < -0.39 is 10.0 Å². The van der Waals surface area contributed by atoms with Crippen molar-refractivity contribution in [2.45, 2.75) is 4.90 Å². The van der Waals surface area contributed by atoms with Crippen LogP contribution in [0.1, 0.15) is 0 Å². The summed E-state index contributed by atoms with van der Waals surface area (Å²) in [5, 5.41) is 11.8. The maximum Gasteiger partial charge on any atom is 0.316 e. The van der Waals surface area contributed by atoms with Crippen molar-refractivity contribution in [1.29, 1.82) is 0 Å². The van der Waals surface area contributed by atoms with Crippen molar-refractivity contribution in [2.75, 3.05) is 32.9 Å². The van der Waals surface area contributed by atoms with Gasteiger partial charge in [0.1, 0.15) is 5.75 Å². The molecule has 0 unspecified atom stereocenters. The minimum Gasteiger partial charge on any atom is -0.506 e. The van der Waals surface area contributed by atoms with E-state index in [4.69, 9.17) is 5.73 Å². The zero-order valence-electron chi connectivity index (χ0n) is 11.3. The lowest BCUT2D eigenvalue weighted by atomic mass is 10.3. The summed E-state index contributed by atoms with van der Waals surface area (Å²) >= 11 is 0. The number of anilines is 1. The van der Waals surface area contributed by atoms with E-state index in [1.165, 1.54) is 17.0 Å². The standard InChI is InChI=1S/C11H18N4O4S/c1-15(2)11(17)13-5-6-14-20(18,19)8-3-4-10(16)9(12)7-8/h3-4,7,14,16H,5-6,12H2,1-2H3,(H,13,17). The SMILES string of the molecule is CN(C)C(=O)NCCNS(=O)(=O)c1ccc(O)c(N)c1. The molecule has 0 spiro atoms. The van der Waals surface area contributed by atoms with Gasteiger partial charge in [-0.3, -0.25) is 0 Å². The van der Waals surface area contributed by atoms with Crippen LogP contribution in [0, 0.1) is 0 Å². The summed E-state index contributed by atoms with van der Waals surface area (Å²) in [7, 11) is -0.560. The Balaban J connectivity index is 2.58. The molecule has 0 bridgehead atoms. The van der Waals surface area contributed by atoms with Crippen LogP contribution in [0.4, 0.5) is 10.5 Å². The number of hydrogen-bond acceptors (Lipinski definition) is 5. The molecule has 1 rings (SSSR count). The van der Waals surface area contributed by atoms with Crippen molar-refractivity contribution in [3.63, 3.8) is 0 Å². The molecule has 0 radical (unpaired) electrons. The lowest BCUT2D eigenvalue weighted by Crippen LogP contribution is -2.39. The van der Waals surface area contributed by atoms with Crippen LogP contribution in [-0.4, -0.2) is 51.6 Å². The third-order valence-electron chi connectivity index (χ3n) is 2.41. The zero-order chi connectivity index (χ0) is 15.3. The second-order valence-electron chi connectivity index (χ2n) is 4.24. The first-order valence-corrected chi connectivity index (χ1v) is 7.25. The second-order valence-corrected chi connectivity index (χ2v) is 6.01. The zero-order valence-corrected chi connectivity index (χ0v) is 12.1. The van der Waals surface area contributed by atoms with E-state index in [0.717, 1.165) is 6.07 Å². The van der Waals surface area contributed by atoms with Gasteiger partial charge in [0.25, 0.3) is 0 Å². The molecule has 0 aliphatic rings. The Labute approximate surface area is 117 Å². The number of nitrogens with zero attached hydrogens (tertiary/aromatic N) is 1. The van der Waals surface area contributed by atoms with Crippen LogP contribution in [0.2, 0.25) is 0 Å². The van der Waals surface area contributed by atoms with E-state index in [0.29, 0.717) is 0 Å². The Morgan fingerprint density at radius 2 is 2.00 bits per heavy atom. The first kappa shape index (κ1) is 16.1. The van der Waals surface area contributed by atoms with Crippen molar-refractivity contribution in [3.05, 3.63) is 18.2 Å². The monoisotopic (exact) mass is 302 g/mol. The number of phenolic OH excluding ortho intramolecular Hbond substituents is 1. The Kier molecular flexibility index (Phi) is 5.17. The van der Waals surface area contributed by atoms with Gasteiger partial charge in [0.2, 0.25) is 10.0 Å². The molecule has 2 amide bonds. The van der Waals surface area contributed by atoms with Gasteiger partial charge >= 0.3 is 6.03 Å².